The van der Waals surface area contributed by atoms with Gasteiger partial charge in [0.2, 0.25) is 0 Å². The van der Waals surface area contributed by atoms with Crippen molar-refractivity contribution in [3.05, 3.63) is 130 Å². The number of rotatable bonds is 11. The number of nitrogens with one attached hydrogen (secondary N) is 1. The van der Waals surface area contributed by atoms with Gasteiger partial charge < -0.3 is 14.8 Å². The van der Waals surface area contributed by atoms with Crippen LogP contribution in [0.2, 0.25) is 0 Å². The second-order valence-electron chi connectivity index (χ2n) is 8.15. The minimum atomic E-state index is -1.00. The molecule has 5 nitrogen and oxygen atoms in total. The van der Waals surface area contributed by atoms with Crippen molar-refractivity contribution in [3.63, 3.8) is 0 Å². The van der Waals surface area contributed by atoms with Gasteiger partial charge in [-0.3, -0.25) is 4.79 Å². The van der Waals surface area contributed by atoms with E-state index in [1.807, 2.05) is 66.9 Å². The number of hydrogen-bond donors (Lipinski definition) is 2. The number of benzene rings is 3. The van der Waals surface area contributed by atoms with E-state index in [2.05, 4.69) is 29.2 Å². The van der Waals surface area contributed by atoms with Crippen molar-refractivity contribution in [2.24, 2.45) is 0 Å². The Hall–Kier alpha value is -3.77. The van der Waals surface area contributed by atoms with Crippen molar-refractivity contribution in [3.8, 4) is 5.75 Å². The third-order valence-electron chi connectivity index (χ3n) is 5.63. The molecule has 0 unspecified atom stereocenters. The molecule has 4 rings (SSSR count). The Morgan fingerprint density at radius 3 is 2.23 bits per heavy atom. The lowest BCUT2D eigenvalue weighted by molar-refractivity contribution is -0.139. The van der Waals surface area contributed by atoms with Crippen LogP contribution in [0.5, 0.6) is 5.75 Å². The van der Waals surface area contributed by atoms with E-state index in [1.54, 1.807) is 17.8 Å². The van der Waals surface area contributed by atoms with E-state index in [-0.39, 0.29) is 18.1 Å². The molecule has 0 radical (unpaired) electrons. The summed E-state index contributed by atoms with van der Waals surface area (Å²) in [5, 5.41) is 8.77. The molecule has 2 N–H and O–H groups in total. The van der Waals surface area contributed by atoms with Crippen LogP contribution in [-0.4, -0.2) is 28.4 Å². The Kier molecular flexibility index (Phi) is 8.41. The minimum absolute atomic E-state index is 0.0379. The average Bonchev–Trinajstić information content (AvgIpc) is 2.89. The molecule has 0 fully saturated rings. The zero-order valence-corrected chi connectivity index (χ0v) is 20.0. The topological polar surface area (TPSA) is 79.4 Å². The number of pyridine rings is 1. The fourth-order valence-corrected chi connectivity index (χ4v) is 4.92. The number of carboxylic acids is 1. The molecular formula is C29H27NO4S. The summed E-state index contributed by atoms with van der Waals surface area (Å²) in [6.07, 6.45) is 3.33. The third-order valence-corrected chi connectivity index (χ3v) is 6.71. The van der Waals surface area contributed by atoms with E-state index >= 15 is 0 Å². The highest BCUT2D eigenvalue weighted by molar-refractivity contribution is 7.99. The van der Waals surface area contributed by atoms with Crippen LogP contribution in [-0.2, 0) is 11.2 Å². The molecule has 0 amide bonds. The van der Waals surface area contributed by atoms with Gasteiger partial charge in [-0.2, -0.15) is 0 Å². The highest BCUT2D eigenvalue weighted by Crippen LogP contribution is 2.31. The number of aromatic amines is 1. The second-order valence-corrected chi connectivity index (χ2v) is 9.32. The molecular weight excluding hydrogens is 458 g/mol. The molecule has 3 aromatic carbocycles. The number of H-pyrrole nitrogens is 1. The summed E-state index contributed by atoms with van der Waals surface area (Å²) in [7, 11) is 0. The third kappa shape index (κ3) is 6.87. The molecule has 0 saturated heterocycles. The molecule has 0 aliphatic carbocycles. The standard InChI is InChI=1S/C29H27NO4S/c31-27(32)20-34-25-14-7-15-26(18-25)35-16-8-13-23-17-24(19-30-29(23)33)28(21-9-3-1-4-10-21)22-11-5-2-6-12-22/h1-7,9-12,14-15,17-19,28H,8,13,16,20H2,(H,30,33)(H,31,32). The maximum Gasteiger partial charge on any atom is 0.341 e. The monoisotopic (exact) mass is 485 g/mol. The molecule has 6 heteroatoms. The maximum absolute atomic E-state index is 12.6. The summed E-state index contributed by atoms with van der Waals surface area (Å²) >= 11 is 1.66. The summed E-state index contributed by atoms with van der Waals surface area (Å²) < 4.78 is 5.25. The number of carboxylic acid groups (broad SMARTS) is 1. The normalized spacial score (nSPS) is 10.9. The fraction of sp³-hybridized carbons (Fsp3) is 0.172. The lowest BCUT2D eigenvalue weighted by atomic mass is 9.85. The quantitative estimate of drug-likeness (QED) is 0.209. The molecule has 0 aliphatic heterocycles. The molecule has 0 spiro atoms. The van der Waals surface area contributed by atoms with Gasteiger partial charge >= 0.3 is 5.97 Å². The predicted octanol–water partition coefficient (Wildman–Crippen LogP) is 5.74. The van der Waals surface area contributed by atoms with Crippen molar-refractivity contribution >= 4 is 17.7 Å². The molecule has 1 heterocycles. The fourth-order valence-electron chi connectivity index (χ4n) is 4.02. The number of hydrogen-bond acceptors (Lipinski definition) is 4. The van der Waals surface area contributed by atoms with E-state index in [1.165, 1.54) is 11.1 Å². The number of aliphatic carboxylic acids is 1. The molecule has 4 aromatic rings. The molecule has 0 bridgehead atoms. The van der Waals surface area contributed by atoms with Crippen LogP contribution in [0.25, 0.3) is 0 Å². The van der Waals surface area contributed by atoms with Crippen LogP contribution in [0, 0.1) is 0 Å². The Labute approximate surface area is 208 Å². The second kappa shape index (κ2) is 12.1. The first-order valence-electron chi connectivity index (χ1n) is 11.5. The highest BCUT2D eigenvalue weighted by Gasteiger charge is 2.18. The lowest BCUT2D eigenvalue weighted by Gasteiger charge is -2.19. The van der Waals surface area contributed by atoms with Crippen LogP contribution in [0.15, 0.2) is 107 Å². The smallest absolute Gasteiger partial charge is 0.341 e. The summed E-state index contributed by atoms with van der Waals surface area (Å²) in [5.41, 5.74) is 4.14. The van der Waals surface area contributed by atoms with Gasteiger partial charge in [0, 0.05) is 22.6 Å². The first-order valence-corrected chi connectivity index (χ1v) is 12.5. The van der Waals surface area contributed by atoms with Crippen LogP contribution >= 0.6 is 11.8 Å². The molecule has 0 aliphatic rings. The average molecular weight is 486 g/mol. The zero-order valence-electron chi connectivity index (χ0n) is 19.2. The molecule has 35 heavy (non-hydrogen) atoms. The van der Waals surface area contributed by atoms with Gasteiger partial charge in [-0.25, -0.2) is 4.79 Å². The molecule has 0 saturated carbocycles. The van der Waals surface area contributed by atoms with Crippen LogP contribution < -0.4 is 10.3 Å². The summed E-state index contributed by atoms with van der Waals surface area (Å²) in [6, 6.07) is 30.1. The maximum atomic E-state index is 12.6. The number of aryl methyl sites for hydroxylation is 1. The first kappa shape index (κ1) is 24.4. The van der Waals surface area contributed by atoms with Crippen molar-refractivity contribution in [2.45, 2.75) is 23.7 Å². The van der Waals surface area contributed by atoms with Gasteiger partial charge in [0.25, 0.3) is 5.56 Å². The number of aromatic nitrogens is 1. The van der Waals surface area contributed by atoms with Crippen molar-refractivity contribution in [1.82, 2.24) is 4.98 Å². The van der Waals surface area contributed by atoms with E-state index < -0.39 is 5.97 Å². The van der Waals surface area contributed by atoms with Gasteiger partial charge in [-0.1, -0.05) is 66.7 Å². The van der Waals surface area contributed by atoms with E-state index in [0.717, 1.165) is 28.2 Å². The van der Waals surface area contributed by atoms with Crippen LogP contribution in [0.3, 0.4) is 0 Å². The summed E-state index contributed by atoms with van der Waals surface area (Å²) in [5.74, 6) is 0.398. The predicted molar refractivity (Wildman–Crippen MR) is 140 cm³/mol. The largest absolute Gasteiger partial charge is 0.482 e. The molecule has 1 aromatic heterocycles. The Morgan fingerprint density at radius 2 is 1.57 bits per heavy atom. The van der Waals surface area contributed by atoms with E-state index in [4.69, 9.17) is 9.84 Å². The Balaban J connectivity index is 1.44. The van der Waals surface area contributed by atoms with Crippen LogP contribution in [0.4, 0.5) is 0 Å². The number of ether oxygens (including phenoxy) is 1. The Bertz CT molecular complexity index is 1270. The van der Waals surface area contributed by atoms with Crippen molar-refractivity contribution < 1.29 is 14.6 Å². The van der Waals surface area contributed by atoms with E-state index in [0.29, 0.717) is 12.2 Å². The minimum Gasteiger partial charge on any atom is -0.482 e. The van der Waals surface area contributed by atoms with Crippen LogP contribution in [0.1, 0.15) is 34.6 Å². The SMILES string of the molecule is O=C(O)COc1cccc(SCCCc2cc(C(c3ccccc3)c3ccccc3)c[nH]c2=O)c1. The van der Waals surface area contributed by atoms with E-state index in [9.17, 15) is 9.59 Å². The first-order chi connectivity index (χ1) is 17.1. The molecule has 178 valence electrons. The summed E-state index contributed by atoms with van der Waals surface area (Å²) in [4.78, 5) is 27.2. The van der Waals surface area contributed by atoms with Gasteiger partial charge in [0.1, 0.15) is 5.75 Å². The van der Waals surface area contributed by atoms with Crippen molar-refractivity contribution in [1.29, 1.82) is 0 Å². The van der Waals surface area contributed by atoms with Gasteiger partial charge in [-0.05, 0) is 59.6 Å². The van der Waals surface area contributed by atoms with Gasteiger partial charge in [0.15, 0.2) is 6.61 Å². The number of carbonyl (C=O) groups is 1. The molecule has 0 atom stereocenters. The number of thioether (sulfide) groups is 1. The summed E-state index contributed by atoms with van der Waals surface area (Å²) in [6.45, 7) is -0.361. The zero-order chi connectivity index (χ0) is 24.5. The lowest BCUT2D eigenvalue weighted by Crippen LogP contribution is -2.15. The van der Waals surface area contributed by atoms with Crippen molar-refractivity contribution in [2.75, 3.05) is 12.4 Å². The van der Waals surface area contributed by atoms with Gasteiger partial charge in [0.05, 0.1) is 0 Å². The van der Waals surface area contributed by atoms with Gasteiger partial charge in [-0.15, -0.1) is 11.8 Å². The highest BCUT2D eigenvalue weighted by atomic mass is 32.2. The Morgan fingerprint density at radius 1 is 0.886 bits per heavy atom.